The molecule has 1 saturated heterocycles. The van der Waals surface area contributed by atoms with Crippen LogP contribution in [0.2, 0.25) is 0 Å². The van der Waals surface area contributed by atoms with Gasteiger partial charge in [-0.3, -0.25) is 14.9 Å². The van der Waals surface area contributed by atoms with Crippen LogP contribution >= 0.6 is 23.1 Å². The Hall–Kier alpha value is -2.78. The number of nitrogens with one attached hydrogen (secondary N) is 2. The van der Waals surface area contributed by atoms with Gasteiger partial charge in [0.05, 0.1) is 23.9 Å². The van der Waals surface area contributed by atoms with Crippen molar-refractivity contribution < 1.29 is 14.0 Å². The highest BCUT2D eigenvalue weighted by molar-refractivity contribution is 7.99. The van der Waals surface area contributed by atoms with Gasteiger partial charge in [0.25, 0.3) is 5.91 Å². The van der Waals surface area contributed by atoms with Crippen LogP contribution in [0.15, 0.2) is 46.4 Å². The van der Waals surface area contributed by atoms with Gasteiger partial charge in [0.1, 0.15) is 5.76 Å². The standard InChI is InChI=1S/C22H24N4O3S2/c1-15-19(6-9-29-15)21(28)25-22-24-17(14-31-22)12-20(27)23-13-16-2-4-18(5-3-16)26-7-10-30-11-8-26/h2-6,9,14H,7-8,10-13H2,1H3,(H,23,27)(H,24,25,28). The van der Waals surface area contributed by atoms with Crippen LogP contribution in [0.5, 0.6) is 0 Å². The molecule has 2 aromatic heterocycles. The Labute approximate surface area is 189 Å². The molecule has 0 atom stereocenters. The Morgan fingerprint density at radius 2 is 1.94 bits per heavy atom. The van der Waals surface area contributed by atoms with Crippen molar-refractivity contribution in [2.45, 2.75) is 19.9 Å². The van der Waals surface area contributed by atoms with Gasteiger partial charge >= 0.3 is 0 Å². The molecule has 3 heterocycles. The third-order valence-corrected chi connectivity index (χ3v) is 6.77. The number of nitrogens with zero attached hydrogens (tertiary/aromatic N) is 2. The predicted molar refractivity (Wildman–Crippen MR) is 125 cm³/mol. The highest BCUT2D eigenvalue weighted by atomic mass is 32.2. The van der Waals surface area contributed by atoms with E-state index in [4.69, 9.17) is 4.42 Å². The first-order chi connectivity index (χ1) is 15.1. The van der Waals surface area contributed by atoms with Gasteiger partial charge in [-0.1, -0.05) is 12.1 Å². The van der Waals surface area contributed by atoms with E-state index in [0.29, 0.717) is 28.7 Å². The second-order valence-corrected chi connectivity index (χ2v) is 9.29. The molecule has 7 nitrogen and oxygen atoms in total. The molecule has 9 heteroatoms. The number of anilines is 2. The first kappa shape index (κ1) is 21.5. The quantitative estimate of drug-likeness (QED) is 0.564. The van der Waals surface area contributed by atoms with E-state index in [1.165, 1.54) is 34.8 Å². The lowest BCUT2D eigenvalue weighted by Gasteiger charge is -2.28. The van der Waals surface area contributed by atoms with Crippen molar-refractivity contribution in [3.8, 4) is 0 Å². The number of furan rings is 1. The van der Waals surface area contributed by atoms with E-state index in [1.807, 2.05) is 11.8 Å². The summed E-state index contributed by atoms with van der Waals surface area (Å²) < 4.78 is 5.15. The summed E-state index contributed by atoms with van der Waals surface area (Å²) in [6.07, 6.45) is 1.64. The zero-order valence-electron chi connectivity index (χ0n) is 17.2. The van der Waals surface area contributed by atoms with Gasteiger partial charge in [0, 0.05) is 42.2 Å². The molecule has 3 aromatic rings. The highest BCUT2D eigenvalue weighted by Crippen LogP contribution is 2.20. The average Bonchev–Trinajstić information content (AvgIpc) is 3.42. The summed E-state index contributed by atoms with van der Waals surface area (Å²) in [4.78, 5) is 31.3. The Morgan fingerprint density at radius 3 is 2.65 bits per heavy atom. The number of benzene rings is 1. The Bertz CT molecular complexity index is 1040. The summed E-state index contributed by atoms with van der Waals surface area (Å²) in [5.41, 5.74) is 3.39. The minimum Gasteiger partial charge on any atom is -0.469 e. The molecule has 0 aliphatic carbocycles. The maximum absolute atomic E-state index is 12.3. The van der Waals surface area contributed by atoms with Crippen LogP contribution in [-0.2, 0) is 17.8 Å². The molecule has 1 fully saturated rings. The molecule has 2 amide bonds. The number of aryl methyl sites for hydroxylation is 1. The third kappa shape index (κ3) is 5.68. The van der Waals surface area contributed by atoms with Crippen LogP contribution in [0.1, 0.15) is 27.4 Å². The number of hydrogen-bond donors (Lipinski definition) is 2. The predicted octanol–water partition coefficient (Wildman–Crippen LogP) is 3.71. The molecular formula is C22H24N4O3S2. The number of aromatic nitrogens is 1. The summed E-state index contributed by atoms with van der Waals surface area (Å²) >= 11 is 3.29. The lowest BCUT2D eigenvalue weighted by molar-refractivity contribution is -0.120. The number of carbonyl (C=O) groups excluding carboxylic acids is 2. The molecule has 0 radical (unpaired) electrons. The highest BCUT2D eigenvalue weighted by Gasteiger charge is 2.15. The molecule has 0 spiro atoms. The summed E-state index contributed by atoms with van der Waals surface area (Å²) in [5, 5.41) is 7.92. The maximum Gasteiger partial charge on any atom is 0.260 e. The fourth-order valence-electron chi connectivity index (χ4n) is 3.30. The van der Waals surface area contributed by atoms with Crippen LogP contribution in [-0.4, -0.2) is 41.4 Å². The van der Waals surface area contributed by atoms with Gasteiger partial charge < -0.3 is 14.6 Å². The van der Waals surface area contributed by atoms with Crippen LogP contribution in [0.3, 0.4) is 0 Å². The van der Waals surface area contributed by atoms with E-state index < -0.39 is 0 Å². The maximum atomic E-state index is 12.3. The van der Waals surface area contributed by atoms with Gasteiger partial charge in [-0.05, 0) is 30.7 Å². The number of carbonyl (C=O) groups is 2. The molecule has 0 bridgehead atoms. The number of rotatable bonds is 7. The van der Waals surface area contributed by atoms with Crippen molar-refractivity contribution in [1.29, 1.82) is 0 Å². The summed E-state index contributed by atoms with van der Waals surface area (Å²) in [6, 6.07) is 9.98. The van der Waals surface area contributed by atoms with Crippen molar-refractivity contribution in [1.82, 2.24) is 10.3 Å². The molecular weight excluding hydrogens is 432 g/mol. The topological polar surface area (TPSA) is 87.5 Å². The molecule has 0 unspecified atom stereocenters. The van der Waals surface area contributed by atoms with E-state index in [2.05, 4.69) is 44.8 Å². The molecule has 1 aliphatic rings. The van der Waals surface area contributed by atoms with Crippen LogP contribution < -0.4 is 15.5 Å². The zero-order valence-corrected chi connectivity index (χ0v) is 18.9. The fourth-order valence-corrected chi connectivity index (χ4v) is 4.91. The van der Waals surface area contributed by atoms with E-state index in [9.17, 15) is 9.59 Å². The van der Waals surface area contributed by atoms with Crippen LogP contribution in [0.4, 0.5) is 10.8 Å². The van der Waals surface area contributed by atoms with Crippen molar-refractivity contribution in [3.05, 3.63) is 64.6 Å². The number of amides is 2. The summed E-state index contributed by atoms with van der Waals surface area (Å²) in [5.74, 6) is 2.51. The van der Waals surface area contributed by atoms with E-state index in [1.54, 1.807) is 18.4 Å². The molecule has 1 aliphatic heterocycles. The molecule has 4 rings (SSSR count). The molecule has 2 N–H and O–H groups in total. The molecule has 0 saturated carbocycles. The van der Waals surface area contributed by atoms with Gasteiger partial charge in [0.2, 0.25) is 5.91 Å². The van der Waals surface area contributed by atoms with Crippen LogP contribution in [0, 0.1) is 6.92 Å². The largest absolute Gasteiger partial charge is 0.469 e. The van der Waals surface area contributed by atoms with E-state index in [0.717, 1.165) is 18.7 Å². The lowest BCUT2D eigenvalue weighted by atomic mass is 10.2. The van der Waals surface area contributed by atoms with Crippen molar-refractivity contribution >= 4 is 45.7 Å². The monoisotopic (exact) mass is 456 g/mol. The van der Waals surface area contributed by atoms with Gasteiger partial charge in [0.15, 0.2) is 5.13 Å². The normalized spacial score (nSPS) is 13.8. The van der Waals surface area contributed by atoms with E-state index >= 15 is 0 Å². The summed E-state index contributed by atoms with van der Waals surface area (Å²) in [7, 11) is 0. The van der Waals surface area contributed by atoms with Crippen LogP contribution in [0.25, 0.3) is 0 Å². The second kappa shape index (κ2) is 10.0. The minimum absolute atomic E-state index is 0.106. The second-order valence-electron chi connectivity index (χ2n) is 7.21. The van der Waals surface area contributed by atoms with Crippen molar-refractivity contribution in [2.24, 2.45) is 0 Å². The minimum atomic E-state index is -0.275. The average molecular weight is 457 g/mol. The summed E-state index contributed by atoms with van der Waals surface area (Å²) in [6.45, 7) is 4.37. The molecule has 1 aromatic carbocycles. The SMILES string of the molecule is Cc1occc1C(=O)Nc1nc(CC(=O)NCc2ccc(N3CCSCC3)cc2)cs1. The lowest BCUT2D eigenvalue weighted by Crippen LogP contribution is -2.32. The fraction of sp³-hybridized carbons (Fsp3) is 0.318. The van der Waals surface area contributed by atoms with Gasteiger partial charge in [-0.2, -0.15) is 11.8 Å². The first-order valence-corrected chi connectivity index (χ1v) is 12.1. The number of thioether (sulfide) groups is 1. The molecule has 162 valence electrons. The smallest absolute Gasteiger partial charge is 0.260 e. The number of hydrogen-bond acceptors (Lipinski definition) is 7. The van der Waals surface area contributed by atoms with E-state index in [-0.39, 0.29) is 18.2 Å². The Balaban J connectivity index is 1.24. The number of thiazole rings is 1. The first-order valence-electron chi connectivity index (χ1n) is 10.1. The Morgan fingerprint density at radius 1 is 1.16 bits per heavy atom. The van der Waals surface area contributed by atoms with Gasteiger partial charge in [-0.25, -0.2) is 4.98 Å². The molecule has 31 heavy (non-hydrogen) atoms. The van der Waals surface area contributed by atoms with Gasteiger partial charge in [-0.15, -0.1) is 11.3 Å². The van der Waals surface area contributed by atoms with Crippen molar-refractivity contribution in [2.75, 3.05) is 34.8 Å². The van der Waals surface area contributed by atoms with Crippen molar-refractivity contribution in [3.63, 3.8) is 0 Å². The Kier molecular flexibility index (Phi) is 6.93. The third-order valence-electron chi connectivity index (χ3n) is 5.02. The zero-order chi connectivity index (χ0) is 21.6.